The summed E-state index contributed by atoms with van der Waals surface area (Å²) < 4.78 is 31.6. The average molecular weight is 298 g/mol. The molecule has 0 aliphatic rings. The lowest BCUT2D eigenvalue weighted by Crippen LogP contribution is -2.18. The Morgan fingerprint density at radius 3 is 2.76 bits per heavy atom. The summed E-state index contributed by atoms with van der Waals surface area (Å²) in [6.45, 7) is 2.12. The van der Waals surface area contributed by atoms with E-state index in [0.29, 0.717) is 30.7 Å². The highest BCUT2D eigenvalue weighted by atomic mass is 19.1. The maximum Gasteiger partial charge on any atom is 0.305 e. The van der Waals surface area contributed by atoms with Crippen molar-refractivity contribution in [1.29, 1.82) is 0 Å². The van der Waals surface area contributed by atoms with Crippen molar-refractivity contribution in [3.05, 3.63) is 51.2 Å². The molecule has 9 heteroatoms. The van der Waals surface area contributed by atoms with Crippen molar-refractivity contribution in [2.24, 2.45) is 0 Å². The zero-order valence-electron chi connectivity index (χ0n) is 11.1. The molecule has 1 aromatic carbocycles. The Balaban J connectivity index is 1.93. The number of nitro benzene ring substituents is 1. The highest BCUT2D eigenvalue weighted by Crippen LogP contribution is 2.21. The number of halogens is 2. The van der Waals surface area contributed by atoms with Crippen molar-refractivity contribution in [2.75, 3.05) is 6.54 Å². The van der Waals surface area contributed by atoms with Gasteiger partial charge in [-0.15, -0.1) is 0 Å². The Morgan fingerprint density at radius 2 is 2.14 bits per heavy atom. The van der Waals surface area contributed by atoms with E-state index in [1.807, 2.05) is 0 Å². The summed E-state index contributed by atoms with van der Waals surface area (Å²) in [5.41, 5.74) is -0.731. The number of nitro groups is 1. The number of hydrogen-bond donors (Lipinski definition) is 1. The van der Waals surface area contributed by atoms with Crippen molar-refractivity contribution >= 4 is 5.69 Å². The van der Waals surface area contributed by atoms with Gasteiger partial charge in [0.15, 0.2) is 5.82 Å². The van der Waals surface area contributed by atoms with E-state index in [4.69, 9.17) is 4.52 Å². The molecule has 0 bridgehead atoms. The molecule has 0 aliphatic carbocycles. The van der Waals surface area contributed by atoms with Crippen LogP contribution in [0.25, 0.3) is 0 Å². The van der Waals surface area contributed by atoms with Gasteiger partial charge in [0.1, 0.15) is 5.82 Å². The Kier molecular flexibility index (Phi) is 4.53. The predicted octanol–water partition coefficient (Wildman–Crippen LogP) is 1.90. The second-order valence-corrected chi connectivity index (χ2v) is 4.31. The minimum absolute atomic E-state index is 0.0183. The summed E-state index contributed by atoms with van der Waals surface area (Å²) in [4.78, 5) is 13.7. The lowest BCUT2D eigenvalue weighted by Gasteiger charge is -2.05. The highest BCUT2D eigenvalue weighted by molar-refractivity contribution is 5.37. The molecule has 2 aromatic rings. The topological polar surface area (TPSA) is 94.1 Å². The third kappa shape index (κ3) is 3.78. The molecule has 0 saturated carbocycles. The fraction of sp³-hybridized carbons (Fsp3) is 0.333. The molecular formula is C12H12F2N4O3. The smallest absolute Gasteiger partial charge is 0.305 e. The van der Waals surface area contributed by atoms with Gasteiger partial charge in [0, 0.05) is 37.2 Å². The van der Waals surface area contributed by atoms with Crippen molar-refractivity contribution < 1.29 is 18.2 Å². The van der Waals surface area contributed by atoms with Crippen LogP contribution in [-0.2, 0) is 13.0 Å². The molecule has 2 rings (SSSR count). The van der Waals surface area contributed by atoms with Gasteiger partial charge in [0.2, 0.25) is 11.7 Å². The summed E-state index contributed by atoms with van der Waals surface area (Å²) in [6, 6.07) is 1.39. The molecule has 112 valence electrons. The number of aryl methyl sites for hydroxylation is 1. The molecule has 0 atom stereocenters. The van der Waals surface area contributed by atoms with Crippen molar-refractivity contribution in [3.8, 4) is 0 Å². The van der Waals surface area contributed by atoms with Crippen LogP contribution < -0.4 is 5.32 Å². The Morgan fingerprint density at radius 1 is 1.38 bits per heavy atom. The van der Waals surface area contributed by atoms with E-state index in [-0.39, 0.29) is 12.1 Å². The van der Waals surface area contributed by atoms with Gasteiger partial charge < -0.3 is 9.84 Å². The third-order valence-corrected chi connectivity index (χ3v) is 2.71. The molecule has 0 radical (unpaired) electrons. The van der Waals surface area contributed by atoms with Crippen LogP contribution in [-0.4, -0.2) is 21.6 Å². The van der Waals surface area contributed by atoms with Crippen LogP contribution in [0.1, 0.15) is 17.3 Å². The fourth-order valence-corrected chi connectivity index (χ4v) is 1.72. The molecule has 0 amide bonds. The van der Waals surface area contributed by atoms with E-state index in [0.717, 1.165) is 6.07 Å². The quantitative estimate of drug-likeness (QED) is 0.497. The first-order valence-electron chi connectivity index (χ1n) is 6.09. The van der Waals surface area contributed by atoms with E-state index < -0.39 is 22.2 Å². The zero-order valence-corrected chi connectivity index (χ0v) is 11.1. The Hall–Kier alpha value is -2.42. The summed E-state index contributed by atoms with van der Waals surface area (Å²) in [6.07, 6.45) is 0.436. The van der Waals surface area contributed by atoms with Crippen LogP contribution in [0.15, 0.2) is 16.7 Å². The number of rotatable bonds is 6. The number of nitrogens with zero attached hydrogens (tertiary/aromatic N) is 3. The molecule has 7 nitrogen and oxygen atoms in total. The molecule has 21 heavy (non-hydrogen) atoms. The molecular weight excluding hydrogens is 286 g/mol. The Labute approximate surface area is 118 Å². The van der Waals surface area contributed by atoms with Gasteiger partial charge in [-0.1, -0.05) is 5.16 Å². The van der Waals surface area contributed by atoms with E-state index in [1.165, 1.54) is 0 Å². The van der Waals surface area contributed by atoms with Crippen LogP contribution in [0, 0.1) is 28.7 Å². The summed E-state index contributed by atoms with van der Waals surface area (Å²) in [5.74, 6) is -1.07. The van der Waals surface area contributed by atoms with Crippen LogP contribution in [0.5, 0.6) is 0 Å². The number of aromatic nitrogens is 2. The molecule has 1 heterocycles. The molecule has 1 N–H and O–H groups in total. The monoisotopic (exact) mass is 298 g/mol. The third-order valence-electron chi connectivity index (χ3n) is 2.71. The first kappa shape index (κ1) is 15.0. The average Bonchev–Trinajstić information content (AvgIpc) is 2.82. The van der Waals surface area contributed by atoms with Crippen molar-refractivity contribution in [3.63, 3.8) is 0 Å². The van der Waals surface area contributed by atoms with Crippen molar-refractivity contribution in [1.82, 2.24) is 15.5 Å². The highest BCUT2D eigenvalue weighted by Gasteiger charge is 2.18. The zero-order chi connectivity index (χ0) is 15.4. The Bertz CT molecular complexity index is 660. The molecule has 0 spiro atoms. The minimum atomic E-state index is -1.19. The lowest BCUT2D eigenvalue weighted by atomic mass is 10.1. The maximum absolute atomic E-state index is 13.5. The van der Waals surface area contributed by atoms with Crippen molar-refractivity contribution in [2.45, 2.75) is 19.9 Å². The minimum Gasteiger partial charge on any atom is -0.339 e. The maximum atomic E-state index is 13.5. The van der Waals surface area contributed by atoms with Gasteiger partial charge in [-0.05, 0) is 6.92 Å². The van der Waals surface area contributed by atoms with Gasteiger partial charge in [0.25, 0.3) is 0 Å². The van der Waals surface area contributed by atoms with Gasteiger partial charge in [-0.25, -0.2) is 4.39 Å². The molecule has 0 unspecified atom stereocenters. The first-order valence-corrected chi connectivity index (χ1v) is 6.09. The largest absolute Gasteiger partial charge is 0.339 e. The normalized spacial score (nSPS) is 10.8. The first-order chi connectivity index (χ1) is 9.97. The number of benzene rings is 1. The van der Waals surface area contributed by atoms with Gasteiger partial charge in [-0.3, -0.25) is 10.1 Å². The second kappa shape index (κ2) is 6.35. The van der Waals surface area contributed by atoms with Crippen LogP contribution in [0.3, 0.4) is 0 Å². The van der Waals surface area contributed by atoms with E-state index in [9.17, 15) is 18.9 Å². The fourth-order valence-electron chi connectivity index (χ4n) is 1.72. The van der Waals surface area contributed by atoms with Crippen LogP contribution >= 0.6 is 0 Å². The van der Waals surface area contributed by atoms with Gasteiger partial charge in [-0.2, -0.15) is 9.37 Å². The SMILES string of the molecule is Cc1noc(CCNCc2cc([N+](=O)[O-])c(F)cc2F)n1. The van der Waals surface area contributed by atoms with Crippen LogP contribution in [0.2, 0.25) is 0 Å². The van der Waals surface area contributed by atoms with Crippen LogP contribution in [0.4, 0.5) is 14.5 Å². The molecule has 0 saturated heterocycles. The summed E-state index contributed by atoms with van der Waals surface area (Å²) in [7, 11) is 0. The van der Waals surface area contributed by atoms with E-state index in [1.54, 1.807) is 6.92 Å². The van der Waals surface area contributed by atoms with Gasteiger partial charge in [0.05, 0.1) is 4.92 Å². The predicted molar refractivity (Wildman–Crippen MR) is 67.5 cm³/mol. The second-order valence-electron chi connectivity index (χ2n) is 4.31. The number of nitrogens with one attached hydrogen (secondary N) is 1. The van der Waals surface area contributed by atoms with Gasteiger partial charge >= 0.3 is 5.69 Å². The molecule has 0 fully saturated rings. The standard InChI is InChI=1S/C12H12F2N4O3/c1-7-16-12(21-17-7)2-3-15-6-8-4-11(18(19)20)10(14)5-9(8)13/h4-5,15H,2-3,6H2,1H3. The summed E-state index contributed by atoms with van der Waals surface area (Å²) in [5, 5.41) is 17.1. The number of hydrogen-bond acceptors (Lipinski definition) is 6. The summed E-state index contributed by atoms with van der Waals surface area (Å²) >= 11 is 0. The van der Waals surface area contributed by atoms with E-state index >= 15 is 0 Å². The molecule has 1 aromatic heterocycles. The lowest BCUT2D eigenvalue weighted by molar-refractivity contribution is -0.387. The van der Waals surface area contributed by atoms with E-state index in [2.05, 4.69) is 15.5 Å². The molecule has 0 aliphatic heterocycles.